The zero-order chi connectivity index (χ0) is 22.5. The third kappa shape index (κ3) is 5.03. The van der Waals surface area contributed by atoms with Crippen molar-refractivity contribution >= 4 is 50.6 Å². The van der Waals surface area contributed by atoms with Crippen molar-refractivity contribution in [2.75, 3.05) is 6.61 Å². The number of fused-ring (bicyclic) bond motifs is 1. The molecule has 0 aliphatic heterocycles. The number of carbonyl (C=O) groups excluding carboxylic acids is 1. The van der Waals surface area contributed by atoms with Gasteiger partial charge in [0.25, 0.3) is 5.91 Å². The molecule has 0 radical (unpaired) electrons. The third-order valence-corrected chi connectivity index (χ3v) is 5.95. The minimum Gasteiger partial charge on any atom is -0.483 e. The normalized spacial score (nSPS) is 11.2. The smallest absolute Gasteiger partial charge is 0.277 e. The summed E-state index contributed by atoms with van der Waals surface area (Å²) in [6, 6.07) is 23.6. The van der Waals surface area contributed by atoms with Crippen LogP contribution in [0.2, 0.25) is 5.02 Å². The average molecular weight is 511 g/mol. The number of rotatable bonds is 7. The molecule has 0 atom stereocenters. The Hall–Kier alpha value is -3.09. The van der Waals surface area contributed by atoms with Crippen LogP contribution in [0.1, 0.15) is 16.8 Å². The molecule has 5 nitrogen and oxygen atoms in total. The highest BCUT2D eigenvalue weighted by Gasteiger charge is 2.13. The largest absolute Gasteiger partial charge is 0.483 e. The summed E-state index contributed by atoms with van der Waals surface area (Å²) in [5.74, 6) is 0.183. The molecule has 0 fully saturated rings. The van der Waals surface area contributed by atoms with Gasteiger partial charge in [-0.3, -0.25) is 4.79 Å². The summed E-state index contributed by atoms with van der Waals surface area (Å²) >= 11 is 9.29. The number of benzene rings is 3. The molecular formula is C25H21BrClN3O2. The molecule has 0 aliphatic rings. The van der Waals surface area contributed by atoms with Gasteiger partial charge in [-0.2, -0.15) is 5.10 Å². The number of hydrazone groups is 1. The highest BCUT2D eigenvalue weighted by molar-refractivity contribution is 9.10. The van der Waals surface area contributed by atoms with Crippen LogP contribution in [0.4, 0.5) is 0 Å². The van der Waals surface area contributed by atoms with Gasteiger partial charge >= 0.3 is 0 Å². The first-order valence-electron chi connectivity index (χ1n) is 10.0. The zero-order valence-corrected chi connectivity index (χ0v) is 19.7. The predicted molar refractivity (Wildman–Crippen MR) is 133 cm³/mol. The van der Waals surface area contributed by atoms with Crippen LogP contribution in [0.5, 0.6) is 5.75 Å². The van der Waals surface area contributed by atoms with Gasteiger partial charge in [0.1, 0.15) is 5.75 Å². The first kappa shape index (κ1) is 22.1. The summed E-state index contributed by atoms with van der Waals surface area (Å²) in [4.78, 5) is 12.2. The van der Waals surface area contributed by atoms with Gasteiger partial charge in [0, 0.05) is 33.7 Å². The number of hydrogen-bond acceptors (Lipinski definition) is 3. The first-order chi connectivity index (χ1) is 15.5. The van der Waals surface area contributed by atoms with E-state index in [-0.39, 0.29) is 12.5 Å². The fourth-order valence-corrected chi connectivity index (χ4v) is 4.32. The summed E-state index contributed by atoms with van der Waals surface area (Å²) < 4.78 is 8.47. The van der Waals surface area contributed by atoms with Gasteiger partial charge in [0.15, 0.2) is 6.61 Å². The van der Waals surface area contributed by atoms with Crippen molar-refractivity contribution in [2.24, 2.45) is 5.10 Å². The second-order valence-corrected chi connectivity index (χ2v) is 8.54. The van der Waals surface area contributed by atoms with Gasteiger partial charge in [0.05, 0.1) is 10.7 Å². The second kappa shape index (κ2) is 10.0. The Labute approximate surface area is 199 Å². The number of halogens is 2. The lowest BCUT2D eigenvalue weighted by Crippen LogP contribution is -2.24. The molecule has 4 aromatic rings. The molecule has 4 rings (SSSR count). The molecule has 0 unspecified atom stereocenters. The minimum absolute atomic E-state index is 0.160. The Morgan fingerprint density at radius 1 is 1.12 bits per heavy atom. The average Bonchev–Trinajstić information content (AvgIpc) is 3.05. The summed E-state index contributed by atoms with van der Waals surface area (Å²) in [5.41, 5.74) is 6.93. The Morgan fingerprint density at radius 2 is 1.88 bits per heavy atom. The fraction of sp³-hybridized carbons (Fsp3) is 0.120. The monoisotopic (exact) mass is 509 g/mol. The van der Waals surface area contributed by atoms with Crippen LogP contribution in [0.3, 0.4) is 0 Å². The van der Waals surface area contributed by atoms with Gasteiger partial charge in [-0.1, -0.05) is 60.1 Å². The maximum Gasteiger partial charge on any atom is 0.277 e. The van der Waals surface area contributed by atoms with Crippen molar-refractivity contribution in [3.63, 3.8) is 0 Å². The van der Waals surface area contributed by atoms with E-state index in [0.29, 0.717) is 15.2 Å². The summed E-state index contributed by atoms with van der Waals surface area (Å²) in [5, 5.41) is 5.84. The Bertz CT molecular complexity index is 1290. The number of nitrogens with one attached hydrogen (secondary N) is 1. The topological polar surface area (TPSA) is 55.6 Å². The molecule has 7 heteroatoms. The van der Waals surface area contributed by atoms with E-state index in [4.69, 9.17) is 16.3 Å². The Balaban J connectivity index is 1.47. The van der Waals surface area contributed by atoms with Crippen molar-refractivity contribution in [2.45, 2.75) is 13.5 Å². The number of carbonyl (C=O) groups is 1. The lowest BCUT2D eigenvalue weighted by Gasteiger charge is -2.08. The molecule has 0 spiro atoms. The molecule has 32 heavy (non-hydrogen) atoms. The number of aromatic nitrogens is 1. The molecule has 1 amide bonds. The molecule has 1 N–H and O–H groups in total. The van der Waals surface area contributed by atoms with E-state index in [1.165, 1.54) is 5.56 Å². The van der Waals surface area contributed by atoms with Crippen LogP contribution in [-0.4, -0.2) is 23.3 Å². The van der Waals surface area contributed by atoms with Crippen molar-refractivity contribution < 1.29 is 9.53 Å². The highest BCUT2D eigenvalue weighted by Crippen LogP contribution is 2.28. The summed E-state index contributed by atoms with van der Waals surface area (Å²) in [6.45, 7) is 2.66. The zero-order valence-electron chi connectivity index (χ0n) is 17.4. The quantitative estimate of drug-likeness (QED) is 0.247. The summed E-state index contributed by atoms with van der Waals surface area (Å²) in [7, 11) is 0. The molecule has 0 saturated carbocycles. The van der Waals surface area contributed by atoms with Gasteiger partial charge in [0.2, 0.25) is 0 Å². The number of para-hydroxylation sites is 1. The second-order valence-electron chi connectivity index (χ2n) is 7.24. The van der Waals surface area contributed by atoms with Crippen LogP contribution in [0.25, 0.3) is 10.9 Å². The van der Waals surface area contributed by atoms with Crippen LogP contribution in [-0.2, 0) is 11.3 Å². The molecule has 0 aliphatic carbocycles. The van der Waals surface area contributed by atoms with Crippen molar-refractivity contribution in [1.82, 2.24) is 9.99 Å². The number of nitrogens with zero attached hydrogens (tertiary/aromatic N) is 2. The van der Waals surface area contributed by atoms with E-state index in [1.807, 2.05) is 30.3 Å². The van der Waals surface area contributed by atoms with Crippen molar-refractivity contribution in [3.8, 4) is 5.75 Å². The molecule has 162 valence electrons. The number of ether oxygens (including phenoxy) is 1. The van der Waals surface area contributed by atoms with E-state index in [1.54, 1.807) is 24.4 Å². The fourth-order valence-electron chi connectivity index (χ4n) is 3.53. The predicted octanol–water partition coefficient (Wildman–Crippen LogP) is 5.94. The summed E-state index contributed by atoms with van der Waals surface area (Å²) in [6.07, 6.45) is 1.69. The van der Waals surface area contributed by atoms with Gasteiger partial charge < -0.3 is 9.30 Å². The lowest BCUT2D eigenvalue weighted by atomic mass is 10.1. The van der Waals surface area contributed by atoms with Gasteiger partial charge in [-0.05, 0) is 52.7 Å². The first-order valence-corrected chi connectivity index (χ1v) is 11.2. The Kier molecular flexibility index (Phi) is 6.93. The van der Waals surface area contributed by atoms with Crippen LogP contribution in [0, 0.1) is 6.92 Å². The van der Waals surface area contributed by atoms with Gasteiger partial charge in [-0.25, -0.2) is 5.43 Å². The van der Waals surface area contributed by atoms with Crippen LogP contribution < -0.4 is 10.2 Å². The molecule has 1 heterocycles. The van der Waals surface area contributed by atoms with E-state index in [2.05, 4.69) is 62.2 Å². The van der Waals surface area contributed by atoms with Crippen molar-refractivity contribution in [3.05, 3.63) is 99.1 Å². The number of amides is 1. The maximum absolute atomic E-state index is 12.2. The maximum atomic E-state index is 12.2. The standard InChI is InChI=1S/C25H21BrClN3O2/c1-17-21(14-28-29-25(31)16-32-24-12-11-19(27)13-22(24)26)20-9-5-6-10-23(20)30(17)15-18-7-3-2-4-8-18/h2-14H,15-16H2,1H3,(H,29,31)/b28-14-. The van der Waals surface area contributed by atoms with Crippen molar-refractivity contribution in [1.29, 1.82) is 0 Å². The van der Waals surface area contributed by atoms with E-state index in [0.717, 1.165) is 28.7 Å². The van der Waals surface area contributed by atoms with E-state index < -0.39 is 0 Å². The molecule has 3 aromatic carbocycles. The van der Waals surface area contributed by atoms with Gasteiger partial charge in [-0.15, -0.1) is 0 Å². The lowest BCUT2D eigenvalue weighted by molar-refractivity contribution is -0.123. The SMILES string of the molecule is Cc1c(/C=N\NC(=O)COc2ccc(Cl)cc2Br)c2ccccc2n1Cc1ccccc1. The molecular weight excluding hydrogens is 490 g/mol. The minimum atomic E-state index is -0.353. The van der Waals surface area contributed by atoms with E-state index in [9.17, 15) is 4.79 Å². The molecule has 0 saturated heterocycles. The van der Waals surface area contributed by atoms with Crippen LogP contribution >= 0.6 is 27.5 Å². The third-order valence-electron chi connectivity index (χ3n) is 5.10. The number of hydrogen-bond donors (Lipinski definition) is 1. The molecule has 1 aromatic heterocycles. The molecule has 0 bridgehead atoms. The Morgan fingerprint density at radius 3 is 2.66 bits per heavy atom. The van der Waals surface area contributed by atoms with E-state index >= 15 is 0 Å². The highest BCUT2D eigenvalue weighted by atomic mass is 79.9. The van der Waals surface area contributed by atoms with Crippen LogP contribution in [0.15, 0.2) is 82.4 Å².